The van der Waals surface area contributed by atoms with Gasteiger partial charge in [0.25, 0.3) is 0 Å². The Balaban J connectivity index is 2.07. The molecule has 0 bridgehead atoms. The number of anilines is 2. The van der Waals surface area contributed by atoms with E-state index in [0.29, 0.717) is 15.7 Å². The zero-order valence-electron chi connectivity index (χ0n) is 14.2. The Hall–Kier alpha value is -2.04. The average molecular weight is 379 g/mol. The summed E-state index contributed by atoms with van der Waals surface area (Å²) in [6.07, 6.45) is 0.963. The molecular weight excluding hydrogens is 359 g/mol. The molecule has 1 N–H and O–H groups in total. The molecule has 0 atom stereocenters. The molecule has 2 aromatic rings. The Bertz CT molecular complexity index is 778. The van der Waals surface area contributed by atoms with Crippen molar-refractivity contribution in [1.82, 2.24) is 0 Å². The highest BCUT2D eigenvalue weighted by Gasteiger charge is 2.16. The summed E-state index contributed by atoms with van der Waals surface area (Å²) in [4.78, 5) is 25.9. The number of rotatable bonds is 6. The van der Waals surface area contributed by atoms with E-state index in [2.05, 4.69) is 5.32 Å². The average Bonchev–Trinajstić information content (AvgIpc) is 2.59. The lowest BCUT2D eigenvalue weighted by Gasteiger charge is -2.23. The van der Waals surface area contributed by atoms with Gasteiger partial charge < -0.3 is 10.2 Å². The van der Waals surface area contributed by atoms with E-state index >= 15 is 0 Å². The third-order valence-electron chi connectivity index (χ3n) is 3.83. The molecule has 0 unspecified atom stereocenters. The van der Waals surface area contributed by atoms with Crippen molar-refractivity contribution in [3.05, 3.63) is 58.1 Å². The molecule has 25 heavy (non-hydrogen) atoms. The van der Waals surface area contributed by atoms with Crippen molar-refractivity contribution < 1.29 is 9.59 Å². The van der Waals surface area contributed by atoms with Crippen molar-refractivity contribution in [3.8, 4) is 0 Å². The molecule has 0 aliphatic carbocycles. The first-order valence-corrected chi connectivity index (χ1v) is 8.79. The Morgan fingerprint density at radius 3 is 2.48 bits per heavy atom. The Morgan fingerprint density at radius 2 is 1.80 bits per heavy atom. The van der Waals surface area contributed by atoms with E-state index in [1.54, 1.807) is 23.1 Å². The lowest BCUT2D eigenvalue weighted by Crippen LogP contribution is -2.32. The second kappa shape index (κ2) is 8.88. The Labute approximate surface area is 157 Å². The van der Waals surface area contributed by atoms with E-state index in [9.17, 15) is 9.59 Å². The smallest absolute Gasteiger partial charge is 0.226 e. The van der Waals surface area contributed by atoms with Crippen LogP contribution in [0.25, 0.3) is 0 Å². The summed E-state index contributed by atoms with van der Waals surface area (Å²) in [5.74, 6) is -0.334. The topological polar surface area (TPSA) is 49.4 Å². The first kappa shape index (κ1) is 19.3. The van der Waals surface area contributed by atoms with Crippen LogP contribution in [0.15, 0.2) is 42.5 Å². The van der Waals surface area contributed by atoms with Crippen molar-refractivity contribution in [2.45, 2.75) is 26.7 Å². The van der Waals surface area contributed by atoms with Crippen molar-refractivity contribution >= 4 is 46.4 Å². The predicted molar refractivity (Wildman–Crippen MR) is 104 cm³/mol. The van der Waals surface area contributed by atoms with Gasteiger partial charge in [0.1, 0.15) is 0 Å². The van der Waals surface area contributed by atoms with Gasteiger partial charge in [0, 0.05) is 25.6 Å². The number of nitrogens with zero attached hydrogens (tertiary/aromatic N) is 1. The van der Waals surface area contributed by atoms with E-state index in [0.717, 1.165) is 17.7 Å². The molecule has 0 aliphatic rings. The van der Waals surface area contributed by atoms with Gasteiger partial charge in [-0.15, -0.1) is 0 Å². The molecule has 2 aromatic carbocycles. The second-order valence-corrected chi connectivity index (χ2v) is 6.34. The fraction of sp³-hybridized carbons (Fsp3) is 0.263. The summed E-state index contributed by atoms with van der Waals surface area (Å²) in [5, 5.41) is 3.41. The highest BCUT2D eigenvalue weighted by Crippen LogP contribution is 2.29. The molecule has 2 amide bonds. The van der Waals surface area contributed by atoms with Gasteiger partial charge in [-0.1, -0.05) is 54.4 Å². The van der Waals surface area contributed by atoms with Gasteiger partial charge >= 0.3 is 0 Å². The third-order valence-corrected chi connectivity index (χ3v) is 4.65. The highest BCUT2D eigenvalue weighted by atomic mass is 35.5. The van der Waals surface area contributed by atoms with Gasteiger partial charge in [-0.3, -0.25) is 9.59 Å². The van der Waals surface area contributed by atoms with Crippen LogP contribution in [0.4, 0.5) is 11.4 Å². The van der Waals surface area contributed by atoms with Crippen molar-refractivity contribution in [2.24, 2.45) is 0 Å². The minimum absolute atomic E-state index is 0.102. The quantitative estimate of drug-likeness (QED) is 0.773. The maximum Gasteiger partial charge on any atom is 0.226 e. The molecule has 0 radical (unpaired) electrons. The molecule has 2 rings (SSSR count). The zero-order valence-corrected chi connectivity index (χ0v) is 15.7. The van der Waals surface area contributed by atoms with Crippen LogP contribution >= 0.6 is 23.2 Å². The number of halogens is 2. The molecular formula is C19H20Cl2N2O2. The second-order valence-electron chi connectivity index (χ2n) is 5.55. The standard InChI is InChI=1S/C19H20Cl2N2O2/c1-3-14-7-4-5-10-17(14)23(13(2)24)12-11-18(25)22-16-9-6-8-15(20)19(16)21/h4-10H,3,11-12H2,1-2H3,(H,22,25). The molecule has 0 saturated heterocycles. The fourth-order valence-electron chi connectivity index (χ4n) is 2.55. The number of aryl methyl sites for hydroxylation is 1. The monoisotopic (exact) mass is 378 g/mol. The first-order chi connectivity index (χ1) is 11.9. The third kappa shape index (κ3) is 4.97. The number of carbonyl (C=O) groups is 2. The number of benzene rings is 2. The van der Waals surface area contributed by atoms with Crippen LogP contribution in [0.1, 0.15) is 25.8 Å². The van der Waals surface area contributed by atoms with E-state index in [4.69, 9.17) is 23.2 Å². The van der Waals surface area contributed by atoms with Crippen molar-refractivity contribution in [2.75, 3.05) is 16.8 Å². The minimum atomic E-state index is -0.232. The van der Waals surface area contributed by atoms with E-state index < -0.39 is 0 Å². The SMILES string of the molecule is CCc1ccccc1N(CCC(=O)Nc1cccc(Cl)c1Cl)C(C)=O. The summed E-state index contributed by atoms with van der Waals surface area (Å²) >= 11 is 12.0. The first-order valence-electron chi connectivity index (χ1n) is 8.04. The molecule has 0 fully saturated rings. The summed E-state index contributed by atoms with van der Waals surface area (Å²) in [6, 6.07) is 12.7. The van der Waals surface area contributed by atoms with Crippen LogP contribution in [0.3, 0.4) is 0 Å². The van der Waals surface area contributed by atoms with Gasteiger partial charge in [-0.05, 0) is 30.2 Å². The largest absolute Gasteiger partial charge is 0.325 e. The van der Waals surface area contributed by atoms with E-state index in [1.807, 2.05) is 31.2 Å². The maximum atomic E-state index is 12.2. The molecule has 6 heteroatoms. The Kier molecular flexibility index (Phi) is 6.85. The molecule has 0 aliphatic heterocycles. The summed E-state index contributed by atoms with van der Waals surface area (Å²) < 4.78 is 0. The molecule has 0 aromatic heterocycles. The number of para-hydroxylation sites is 1. The molecule has 0 heterocycles. The van der Waals surface area contributed by atoms with Crippen LogP contribution in [-0.2, 0) is 16.0 Å². The van der Waals surface area contributed by atoms with Gasteiger partial charge in [0.05, 0.1) is 15.7 Å². The molecule has 4 nitrogen and oxygen atoms in total. The van der Waals surface area contributed by atoms with Gasteiger partial charge in [-0.2, -0.15) is 0 Å². The van der Waals surface area contributed by atoms with Crippen molar-refractivity contribution in [3.63, 3.8) is 0 Å². The Morgan fingerprint density at radius 1 is 1.08 bits per heavy atom. The number of hydrogen-bond acceptors (Lipinski definition) is 2. The number of hydrogen-bond donors (Lipinski definition) is 1. The summed E-state index contributed by atoms with van der Waals surface area (Å²) in [6.45, 7) is 3.82. The van der Waals surface area contributed by atoms with Gasteiger partial charge in [-0.25, -0.2) is 0 Å². The normalized spacial score (nSPS) is 10.4. The summed E-state index contributed by atoms with van der Waals surface area (Å²) in [5.41, 5.74) is 2.37. The maximum absolute atomic E-state index is 12.2. The lowest BCUT2D eigenvalue weighted by molar-refractivity contribution is -0.117. The highest BCUT2D eigenvalue weighted by molar-refractivity contribution is 6.43. The van der Waals surface area contributed by atoms with E-state index in [1.165, 1.54) is 6.92 Å². The number of nitrogens with one attached hydrogen (secondary N) is 1. The van der Waals surface area contributed by atoms with Gasteiger partial charge in [0.2, 0.25) is 11.8 Å². The van der Waals surface area contributed by atoms with Crippen LogP contribution < -0.4 is 10.2 Å². The number of amides is 2. The van der Waals surface area contributed by atoms with Crippen LogP contribution in [0.2, 0.25) is 10.0 Å². The fourth-order valence-corrected chi connectivity index (χ4v) is 2.89. The zero-order chi connectivity index (χ0) is 18.4. The van der Waals surface area contributed by atoms with E-state index in [-0.39, 0.29) is 24.8 Å². The van der Waals surface area contributed by atoms with Crippen molar-refractivity contribution in [1.29, 1.82) is 0 Å². The van der Waals surface area contributed by atoms with Gasteiger partial charge in [0.15, 0.2) is 0 Å². The molecule has 132 valence electrons. The van der Waals surface area contributed by atoms with Crippen LogP contribution in [0.5, 0.6) is 0 Å². The summed E-state index contributed by atoms with van der Waals surface area (Å²) in [7, 11) is 0. The van der Waals surface area contributed by atoms with Crippen LogP contribution in [-0.4, -0.2) is 18.4 Å². The minimum Gasteiger partial charge on any atom is -0.325 e. The molecule has 0 saturated carbocycles. The predicted octanol–water partition coefficient (Wildman–Crippen LogP) is 4.94. The number of carbonyl (C=O) groups excluding carboxylic acids is 2. The lowest BCUT2D eigenvalue weighted by atomic mass is 10.1. The molecule has 0 spiro atoms. The van der Waals surface area contributed by atoms with Crippen LogP contribution in [0, 0.1) is 0 Å².